The van der Waals surface area contributed by atoms with Crippen LogP contribution >= 0.6 is 24.0 Å². The lowest BCUT2D eigenvalue weighted by atomic mass is 9.95. The van der Waals surface area contributed by atoms with Gasteiger partial charge in [-0.2, -0.15) is 0 Å². The van der Waals surface area contributed by atoms with Gasteiger partial charge in [0, 0.05) is 46.5 Å². The molecule has 0 aromatic carbocycles. The zero-order chi connectivity index (χ0) is 18.6. The van der Waals surface area contributed by atoms with E-state index in [1.807, 2.05) is 0 Å². The van der Waals surface area contributed by atoms with E-state index in [1.165, 1.54) is 19.3 Å². The molecule has 0 bridgehead atoms. The van der Waals surface area contributed by atoms with Crippen molar-refractivity contribution in [2.24, 2.45) is 4.99 Å². The molecule has 8 heteroatoms. The van der Waals surface area contributed by atoms with Crippen molar-refractivity contribution in [2.75, 3.05) is 47.0 Å². The standard InChI is InChI=1S/C19H36N4O3.HI/c1-20-19(21-15-18(24)22-16-7-4-3-5-8-16)23-11-9-17(10-12-23)26-14-6-13-25-2;/h16-17H,3-15H2,1-2H3,(H,20,21)(H,22,24);1H. The van der Waals surface area contributed by atoms with E-state index in [4.69, 9.17) is 9.47 Å². The third-order valence-corrected chi connectivity index (χ3v) is 5.18. The molecule has 1 aliphatic carbocycles. The monoisotopic (exact) mass is 496 g/mol. The van der Waals surface area contributed by atoms with Gasteiger partial charge in [-0.15, -0.1) is 24.0 Å². The number of piperidine rings is 1. The lowest BCUT2D eigenvalue weighted by molar-refractivity contribution is -0.120. The van der Waals surface area contributed by atoms with Crippen molar-refractivity contribution in [2.45, 2.75) is 63.5 Å². The molecule has 0 atom stereocenters. The summed E-state index contributed by atoms with van der Waals surface area (Å²) in [5.74, 6) is 0.871. The van der Waals surface area contributed by atoms with Gasteiger partial charge in [0.2, 0.25) is 5.91 Å². The van der Waals surface area contributed by atoms with Gasteiger partial charge in [-0.25, -0.2) is 0 Å². The summed E-state index contributed by atoms with van der Waals surface area (Å²) in [6, 6.07) is 0.353. The molecule has 158 valence electrons. The second kappa shape index (κ2) is 14.4. The summed E-state index contributed by atoms with van der Waals surface area (Å²) in [6.45, 7) is 3.60. The number of hydrogen-bond acceptors (Lipinski definition) is 4. The molecule has 0 aromatic heterocycles. The molecule has 2 fully saturated rings. The van der Waals surface area contributed by atoms with Crippen LogP contribution in [0.1, 0.15) is 51.4 Å². The Morgan fingerprint density at radius 2 is 1.81 bits per heavy atom. The van der Waals surface area contributed by atoms with Crippen LogP contribution in [-0.2, 0) is 14.3 Å². The number of carbonyl (C=O) groups is 1. The molecule has 1 heterocycles. The highest BCUT2D eigenvalue weighted by atomic mass is 127. The van der Waals surface area contributed by atoms with Gasteiger partial charge in [0.25, 0.3) is 0 Å². The fraction of sp³-hybridized carbons (Fsp3) is 0.895. The molecule has 0 spiro atoms. The second-order valence-corrected chi connectivity index (χ2v) is 7.21. The van der Waals surface area contributed by atoms with E-state index in [-0.39, 0.29) is 36.4 Å². The number of guanidine groups is 1. The second-order valence-electron chi connectivity index (χ2n) is 7.21. The van der Waals surface area contributed by atoms with Gasteiger partial charge in [0.05, 0.1) is 12.6 Å². The summed E-state index contributed by atoms with van der Waals surface area (Å²) < 4.78 is 10.9. The average molecular weight is 496 g/mol. The molecule has 2 N–H and O–H groups in total. The Morgan fingerprint density at radius 3 is 2.44 bits per heavy atom. The van der Waals surface area contributed by atoms with Crippen LogP contribution in [0.25, 0.3) is 0 Å². The molecule has 27 heavy (non-hydrogen) atoms. The summed E-state index contributed by atoms with van der Waals surface area (Å²) in [6.07, 6.45) is 9.20. The Balaban J connectivity index is 0.00000364. The SMILES string of the molecule is CN=C(NCC(=O)NC1CCCCC1)N1CCC(OCCCOC)CC1.I. The minimum Gasteiger partial charge on any atom is -0.385 e. The van der Waals surface area contributed by atoms with Gasteiger partial charge in [-0.3, -0.25) is 9.79 Å². The first kappa shape index (κ1) is 24.4. The van der Waals surface area contributed by atoms with Crippen molar-refractivity contribution < 1.29 is 14.3 Å². The van der Waals surface area contributed by atoms with Crippen LogP contribution in [0.15, 0.2) is 4.99 Å². The summed E-state index contributed by atoms with van der Waals surface area (Å²) >= 11 is 0. The first-order valence-electron chi connectivity index (χ1n) is 10.1. The van der Waals surface area contributed by atoms with Crippen molar-refractivity contribution in [1.29, 1.82) is 0 Å². The Bertz CT molecular complexity index is 437. The van der Waals surface area contributed by atoms with Crippen LogP contribution in [0.5, 0.6) is 0 Å². The predicted octanol–water partition coefficient (Wildman–Crippen LogP) is 2.15. The van der Waals surface area contributed by atoms with Crippen molar-refractivity contribution >= 4 is 35.8 Å². The van der Waals surface area contributed by atoms with Crippen LogP contribution in [-0.4, -0.2) is 75.9 Å². The van der Waals surface area contributed by atoms with Crippen molar-refractivity contribution in [3.05, 3.63) is 0 Å². The number of aliphatic imine (C=N–C) groups is 1. The number of likely N-dealkylation sites (tertiary alicyclic amines) is 1. The molecule has 1 saturated heterocycles. The van der Waals surface area contributed by atoms with Gasteiger partial charge < -0.3 is 25.0 Å². The highest BCUT2D eigenvalue weighted by Crippen LogP contribution is 2.17. The zero-order valence-electron chi connectivity index (χ0n) is 16.9. The van der Waals surface area contributed by atoms with Gasteiger partial charge >= 0.3 is 0 Å². The largest absolute Gasteiger partial charge is 0.385 e. The molecule has 1 saturated carbocycles. The Kier molecular flexibility index (Phi) is 13.0. The minimum absolute atomic E-state index is 0. The fourth-order valence-corrected chi connectivity index (χ4v) is 3.70. The van der Waals surface area contributed by atoms with E-state index < -0.39 is 0 Å². The number of nitrogens with zero attached hydrogens (tertiary/aromatic N) is 2. The number of halogens is 1. The van der Waals surface area contributed by atoms with E-state index in [9.17, 15) is 4.79 Å². The lowest BCUT2D eigenvalue weighted by Gasteiger charge is -2.34. The maximum atomic E-state index is 12.2. The molecule has 7 nitrogen and oxygen atoms in total. The summed E-state index contributed by atoms with van der Waals surface area (Å²) in [5.41, 5.74) is 0. The maximum Gasteiger partial charge on any atom is 0.239 e. The fourth-order valence-electron chi connectivity index (χ4n) is 3.70. The van der Waals surface area contributed by atoms with E-state index in [0.717, 1.165) is 64.4 Å². The summed E-state index contributed by atoms with van der Waals surface area (Å²) in [4.78, 5) is 18.7. The normalized spacial score (nSPS) is 19.5. The van der Waals surface area contributed by atoms with Gasteiger partial charge in [-0.05, 0) is 32.1 Å². The molecule has 2 aliphatic rings. The number of amides is 1. The van der Waals surface area contributed by atoms with Crippen LogP contribution in [0.4, 0.5) is 0 Å². The van der Waals surface area contributed by atoms with E-state index in [1.54, 1.807) is 14.2 Å². The average Bonchev–Trinajstić information content (AvgIpc) is 2.67. The lowest BCUT2D eigenvalue weighted by Crippen LogP contribution is -2.50. The summed E-state index contributed by atoms with van der Waals surface area (Å²) in [5, 5.41) is 6.35. The Labute approximate surface area is 181 Å². The van der Waals surface area contributed by atoms with Crippen molar-refractivity contribution in [3.8, 4) is 0 Å². The summed E-state index contributed by atoms with van der Waals surface area (Å²) in [7, 11) is 3.49. The molecular weight excluding hydrogens is 459 g/mol. The topological polar surface area (TPSA) is 75.2 Å². The number of hydrogen-bond donors (Lipinski definition) is 2. The predicted molar refractivity (Wildman–Crippen MR) is 119 cm³/mol. The smallest absolute Gasteiger partial charge is 0.239 e. The molecule has 1 aliphatic heterocycles. The van der Waals surface area contributed by atoms with E-state index in [2.05, 4.69) is 20.5 Å². The number of ether oxygens (including phenoxy) is 2. The first-order valence-corrected chi connectivity index (χ1v) is 10.1. The number of methoxy groups -OCH3 is 1. The number of rotatable bonds is 8. The van der Waals surface area contributed by atoms with Crippen molar-refractivity contribution in [3.63, 3.8) is 0 Å². The van der Waals surface area contributed by atoms with Crippen LogP contribution in [0.2, 0.25) is 0 Å². The van der Waals surface area contributed by atoms with Crippen LogP contribution < -0.4 is 10.6 Å². The van der Waals surface area contributed by atoms with Crippen molar-refractivity contribution in [1.82, 2.24) is 15.5 Å². The van der Waals surface area contributed by atoms with E-state index >= 15 is 0 Å². The third-order valence-electron chi connectivity index (χ3n) is 5.18. The van der Waals surface area contributed by atoms with Crippen LogP contribution in [0, 0.1) is 0 Å². The minimum atomic E-state index is 0. The highest BCUT2D eigenvalue weighted by molar-refractivity contribution is 14.0. The van der Waals surface area contributed by atoms with Crippen LogP contribution in [0.3, 0.4) is 0 Å². The molecular formula is C19H37IN4O3. The first-order chi connectivity index (χ1) is 12.7. The molecule has 0 aromatic rings. The van der Waals surface area contributed by atoms with Gasteiger partial charge in [0.15, 0.2) is 5.96 Å². The third kappa shape index (κ3) is 9.43. The van der Waals surface area contributed by atoms with E-state index in [0.29, 0.717) is 12.1 Å². The Hall–Kier alpha value is -0.610. The number of carbonyl (C=O) groups excluding carboxylic acids is 1. The van der Waals surface area contributed by atoms with Gasteiger partial charge in [0.1, 0.15) is 0 Å². The highest BCUT2D eigenvalue weighted by Gasteiger charge is 2.22. The molecule has 1 amide bonds. The molecule has 2 rings (SSSR count). The molecule has 0 radical (unpaired) electrons. The maximum absolute atomic E-state index is 12.2. The zero-order valence-corrected chi connectivity index (χ0v) is 19.2. The van der Waals surface area contributed by atoms with Gasteiger partial charge in [-0.1, -0.05) is 19.3 Å². The number of nitrogens with one attached hydrogen (secondary N) is 2. The quantitative estimate of drug-likeness (QED) is 0.233. The molecule has 0 unspecified atom stereocenters. The Morgan fingerprint density at radius 1 is 1.11 bits per heavy atom.